The van der Waals surface area contributed by atoms with Gasteiger partial charge in [0, 0.05) is 31.0 Å². The van der Waals surface area contributed by atoms with Crippen molar-refractivity contribution in [2.45, 2.75) is 13.1 Å². The molecule has 0 atom stereocenters. The molecule has 0 aliphatic carbocycles. The number of hydrogen-bond donors (Lipinski definition) is 1. The van der Waals surface area contributed by atoms with Gasteiger partial charge in [-0.2, -0.15) is 0 Å². The summed E-state index contributed by atoms with van der Waals surface area (Å²) >= 11 is 0. The largest absolute Gasteiger partial charge is 0.489 e. The van der Waals surface area contributed by atoms with Crippen molar-refractivity contribution in [1.82, 2.24) is 10.3 Å². The van der Waals surface area contributed by atoms with E-state index in [2.05, 4.69) is 29.0 Å². The molecule has 0 fully saturated rings. The molecule has 0 spiro atoms. The zero-order valence-electron chi connectivity index (χ0n) is 11.3. The third-order valence-corrected chi connectivity index (χ3v) is 2.70. The molecule has 1 N–H and O–H groups in total. The van der Waals surface area contributed by atoms with E-state index in [-0.39, 0.29) is 12.4 Å². The number of halogens is 1. The summed E-state index contributed by atoms with van der Waals surface area (Å²) in [6.07, 6.45) is 5.40. The molecule has 0 saturated carbocycles. The van der Waals surface area contributed by atoms with Crippen LogP contribution in [-0.2, 0) is 13.1 Å². The lowest BCUT2D eigenvalue weighted by atomic mass is 10.2. The minimum atomic E-state index is 0. The zero-order chi connectivity index (χ0) is 13.3. The molecule has 0 bridgehead atoms. The Hall–Kier alpha value is -1.84. The van der Waals surface area contributed by atoms with Gasteiger partial charge in [0.05, 0.1) is 0 Å². The number of benzene rings is 1. The van der Waals surface area contributed by atoms with E-state index in [1.165, 1.54) is 5.56 Å². The fraction of sp³-hybridized carbons (Fsp3) is 0.188. The minimum Gasteiger partial charge on any atom is -0.489 e. The van der Waals surface area contributed by atoms with Gasteiger partial charge in [0.15, 0.2) is 0 Å². The van der Waals surface area contributed by atoms with Crippen molar-refractivity contribution in [1.29, 1.82) is 0 Å². The summed E-state index contributed by atoms with van der Waals surface area (Å²) in [4.78, 5) is 4.09. The van der Waals surface area contributed by atoms with Crippen molar-refractivity contribution in [2.24, 2.45) is 0 Å². The average molecular weight is 291 g/mol. The third-order valence-electron chi connectivity index (χ3n) is 2.70. The van der Waals surface area contributed by atoms with Crippen molar-refractivity contribution < 1.29 is 4.74 Å². The van der Waals surface area contributed by atoms with Gasteiger partial charge in [0.2, 0.25) is 0 Å². The van der Waals surface area contributed by atoms with Crippen molar-refractivity contribution in [3.63, 3.8) is 0 Å². The lowest BCUT2D eigenvalue weighted by Crippen LogP contribution is -2.13. The first-order chi connectivity index (χ1) is 9.40. The number of hydrogen-bond acceptors (Lipinski definition) is 3. The number of rotatable bonds is 7. The van der Waals surface area contributed by atoms with Crippen LogP contribution >= 0.6 is 12.4 Å². The molecule has 0 amide bonds. The third kappa shape index (κ3) is 5.03. The Balaban J connectivity index is 0.00000200. The predicted octanol–water partition coefficient (Wildman–Crippen LogP) is 3.36. The smallest absolute Gasteiger partial charge is 0.124 e. The first-order valence-corrected chi connectivity index (χ1v) is 6.31. The molecule has 1 heterocycles. The van der Waals surface area contributed by atoms with Crippen LogP contribution < -0.4 is 10.1 Å². The molecule has 3 nitrogen and oxygen atoms in total. The summed E-state index contributed by atoms with van der Waals surface area (Å²) in [5.41, 5.74) is 2.32. The molecule has 4 heteroatoms. The van der Waals surface area contributed by atoms with Crippen LogP contribution in [0.15, 0.2) is 61.4 Å². The van der Waals surface area contributed by atoms with Gasteiger partial charge in [-0.1, -0.05) is 36.9 Å². The molecule has 0 unspecified atom stereocenters. The van der Waals surface area contributed by atoms with Gasteiger partial charge >= 0.3 is 0 Å². The Bertz CT molecular complexity index is 517. The lowest BCUT2D eigenvalue weighted by Gasteiger charge is -2.11. The Morgan fingerprint density at radius 1 is 1.15 bits per heavy atom. The van der Waals surface area contributed by atoms with Crippen molar-refractivity contribution in [3.05, 3.63) is 72.6 Å². The fourth-order valence-electron chi connectivity index (χ4n) is 1.78. The van der Waals surface area contributed by atoms with E-state index in [0.717, 1.165) is 24.4 Å². The first-order valence-electron chi connectivity index (χ1n) is 6.31. The molecule has 1 aromatic heterocycles. The monoisotopic (exact) mass is 290 g/mol. The van der Waals surface area contributed by atoms with E-state index in [0.29, 0.717) is 6.61 Å². The van der Waals surface area contributed by atoms with Gasteiger partial charge in [-0.25, -0.2) is 0 Å². The molecule has 0 aliphatic heterocycles. The molecule has 2 aromatic rings. The normalized spacial score (nSPS) is 9.60. The average Bonchev–Trinajstić information content (AvgIpc) is 2.47. The first kappa shape index (κ1) is 16.2. The minimum absolute atomic E-state index is 0. The molecule has 1 aromatic carbocycles. The highest BCUT2D eigenvalue weighted by Crippen LogP contribution is 2.17. The maximum absolute atomic E-state index is 5.62. The second-order valence-electron chi connectivity index (χ2n) is 4.17. The number of nitrogens with zero attached hydrogens (tertiary/aromatic N) is 1. The SMILES string of the molecule is C=CCOc1ccccc1CNCc1cccnc1.Cl. The molecule has 20 heavy (non-hydrogen) atoms. The number of pyridine rings is 1. The van der Waals surface area contributed by atoms with Crippen LogP contribution in [0.1, 0.15) is 11.1 Å². The molecule has 2 rings (SSSR count). The lowest BCUT2D eigenvalue weighted by molar-refractivity contribution is 0.358. The van der Waals surface area contributed by atoms with Gasteiger partial charge in [-0.3, -0.25) is 4.98 Å². The highest BCUT2D eigenvalue weighted by Gasteiger charge is 2.01. The van der Waals surface area contributed by atoms with E-state index in [1.54, 1.807) is 12.3 Å². The van der Waals surface area contributed by atoms with Crippen molar-refractivity contribution >= 4 is 12.4 Å². The Morgan fingerprint density at radius 3 is 2.75 bits per heavy atom. The van der Waals surface area contributed by atoms with E-state index >= 15 is 0 Å². The zero-order valence-corrected chi connectivity index (χ0v) is 12.1. The van der Waals surface area contributed by atoms with Crippen LogP contribution in [0.5, 0.6) is 5.75 Å². The highest BCUT2D eigenvalue weighted by atomic mass is 35.5. The summed E-state index contributed by atoms with van der Waals surface area (Å²) in [6, 6.07) is 12.0. The van der Waals surface area contributed by atoms with Crippen LogP contribution in [-0.4, -0.2) is 11.6 Å². The van der Waals surface area contributed by atoms with E-state index < -0.39 is 0 Å². The van der Waals surface area contributed by atoms with Gasteiger partial charge < -0.3 is 10.1 Å². The Morgan fingerprint density at radius 2 is 2.00 bits per heavy atom. The van der Waals surface area contributed by atoms with Crippen LogP contribution in [0.3, 0.4) is 0 Å². The standard InChI is InChI=1S/C16H18N2O.ClH/c1-2-10-19-16-8-4-3-7-15(16)13-18-12-14-6-5-9-17-11-14;/h2-9,11,18H,1,10,12-13H2;1H. The predicted molar refractivity (Wildman–Crippen MR) is 84.2 cm³/mol. The van der Waals surface area contributed by atoms with E-state index in [1.807, 2.05) is 30.5 Å². The molecule has 0 saturated heterocycles. The molecule has 0 radical (unpaired) electrons. The van der Waals surface area contributed by atoms with Gasteiger partial charge in [-0.05, 0) is 17.7 Å². The van der Waals surface area contributed by atoms with Crippen LogP contribution in [0.4, 0.5) is 0 Å². The molecule has 106 valence electrons. The Labute approximate surface area is 126 Å². The number of aromatic nitrogens is 1. The van der Waals surface area contributed by atoms with Gasteiger partial charge in [0.25, 0.3) is 0 Å². The summed E-state index contributed by atoms with van der Waals surface area (Å²) in [7, 11) is 0. The van der Waals surface area contributed by atoms with Crippen molar-refractivity contribution in [2.75, 3.05) is 6.61 Å². The summed E-state index contributed by atoms with van der Waals surface area (Å²) < 4.78 is 5.62. The van der Waals surface area contributed by atoms with Gasteiger partial charge in [0.1, 0.15) is 12.4 Å². The maximum atomic E-state index is 5.62. The highest BCUT2D eigenvalue weighted by molar-refractivity contribution is 5.85. The Kier molecular flexibility index (Phi) is 7.40. The van der Waals surface area contributed by atoms with Crippen LogP contribution in [0, 0.1) is 0 Å². The summed E-state index contributed by atoms with van der Waals surface area (Å²) in [6.45, 7) is 5.75. The second kappa shape index (κ2) is 9.13. The van der Waals surface area contributed by atoms with E-state index in [4.69, 9.17) is 4.74 Å². The quantitative estimate of drug-likeness (QED) is 0.794. The van der Waals surface area contributed by atoms with Gasteiger partial charge in [-0.15, -0.1) is 12.4 Å². The second-order valence-corrected chi connectivity index (χ2v) is 4.17. The van der Waals surface area contributed by atoms with Crippen LogP contribution in [0.25, 0.3) is 0 Å². The topological polar surface area (TPSA) is 34.1 Å². The number of ether oxygens (including phenoxy) is 1. The molecule has 0 aliphatic rings. The summed E-state index contributed by atoms with van der Waals surface area (Å²) in [5.74, 6) is 0.904. The maximum Gasteiger partial charge on any atom is 0.124 e. The number of para-hydroxylation sites is 1. The molecular formula is C16H19ClN2O. The summed E-state index contributed by atoms with van der Waals surface area (Å²) in [5, 5.41) is 3.39. The molecular weight excluding hydrogens is 272 g/mol. The number of nitrogens with one attached hydrogen (secondary N) is 1. The van der Waals surface area contributed by atoms with Crippen LogP contribution in [0.2, 0.25) is 0 Å². The van der Waals surface area contributed by atoms with E-state index in [9.17, 15) is 0 Å². The fourth-order valence-corrected chi connectivity index (χ4v) is 1.78. The van der Waals surface area contributed by atoms with Crippen molar-refractivity contribution in [3.8, 4) is 5.75 Å².